The number of ether oxygens (including phenoxy) is 2. The topological polar surface area (TPSA) is 35.5 Å². The van der Waals surface area contributed by atoms with E-state index in [-0.39, 0.29) is 12.2 Å². The maximum atomic E-state index is 12.3. The van der Waals surface area contributed by atoms with Crippen molar-refractivity contribution >= 4 is 6.16 Å². The van der Waals surface area contributed by atoms with E-state index in [2.05, 4.69) is 41.5 Å². The lowest BCUT2D eigenvalue weighted by atomic mass is 9.74. The van der Waals surface area contributed by atoms with Crippen LogP contribution in [0, 0.1) is 35.5 Å². The molecule has 8 atom stereocenters. The van der Waals surface area contributed by atoms with Crippen LogP contribution < -0.4 is 0 Å². The summed E-state index contributed by atoms with van der Waals surface area (Å²) in [6, 6.07) is 0. The van der Waals surface area contributed by atoms with Crippen molar-refractivity contribution in [3.63, 3.8) is 0 Å². The van der Waals surface area contributed by atoms with E-state index < -0.39 is 6.16 Å². The van der Waals surface area contributed by atoms with E-state index in [1.807, 2.05) is 0 Å². The first-order valence-corrected chi connectivity index (χ1v) is 9.18. The highest BCUT2D eigenvalue weighted by molar-refractivity contribution is 5.60. The van der Waals surface area contributed by atoms with Crippen LogP contribution in [0.5, 0.6) is 0 Å². The molecule has 3 nitrogen and oxygen atoms in total. The molecule has 128 valence electrons. The summed E-state index contributed by atoms with van der Waals surface area (Å²) in [6.07, 6.45) is 4.28. The van der Waals surface area contributed by atoms with Crippen LogP contribution in [0.25, 0.3) is 0 Å². The summed E-state index contributed by atoms with van der Waals surface area (Å²) >= 11 is 0. The van der Waals surface area contributed by atoms with Gasteiger partial charge in [-0.1, -0.05) is 41.5 Å². The molecule has 0 radical (unpaired) electrons. The van der Waals surface area contributed by atoms with Crippen LogP contribution in [0.2, 0.25) is 0 Å². The lowest BCUT2D eigenvalue weighted by Crippen LogP contribution is -2.42. The molecular formula is C19H34O3. The first-order chi connectivity index (χ1) is 10.3. The lowest BCUT2D eigenvalue weighted by molar-refractivity contribution is -0.0850. The monoisotopic (exact) mass is 310 g/mol. The van der Waals surface area contributed by atoms with Gasteiger partial charge < -0.3 is 9.47 Å². The third kappa shape index (κ3) is 3.78. The Morgan fingerprint density at radius 2 is 0.955 bits per heavy atom. The molecule has 22 heavy (non-hydrogen) atoms. The summed E-state index contributed by atoms with van der Waals surface area (Å²) in [5.41, 5.74) is 0. The average molecular weight is 310 g/mol. The van der Waals surface area contributed by atoms with Crippen molar-refractivity contribution in [3.05, 3.63) is 0 Å². The SMILES string of the molecule is CC1CCC(C)C(OC(=O)OC2C(C)CCC(C)C2C)C1C. The van der Waals surface area contributed by atoms with E-state index in [0.29, 0.717) is 35.5 Å². The molecule has 2 aliphatic rings. The van der Waals surface area contributed by atoms with Gasteiger partial charge >= 0.3 is 6.16 Å². The zero-order chi connectivity index (χ0) is 16.4. The minimum Gasteiger partial charge on any atom is -0.430 e. The van der Waals surface area contributed by atoms with Gasteiger partial charge in [-0.05, 0) is 61.2 Å². The number of hydrogen-bond donors (Lipinski definition) is 0. The highest BCUT2D eigenvalue weighted by Crippen LogP contribution is 2.38. The molecule has 0 N–H and O–H groups in total. The maximum Gasteiger partial charge on any atom is 0.508 e. The first-order valence-electron chi connectivity index (χ1n) is 9.18. The fraction of sp³-hybridized carbons (Fsp3) is 0.947. The summed E-state index contributed by atoms with van der Waals surface area (Å²) in [7, 11) is 0. The minimum atomic E-state index is -0.449. The molecule has 2 saturated carbocycles. The second-order valence-corrected chi connectivity index (χ2v) is 8.20. The Balaban J connectivity index is 1.94. The van der Waals surface area contributed by atoms with Gasteiger partial charge in [-0.25, -0.2) is 4.79 Å². The third-order valence-corrected chi connectivity index (χ3v) is 6.57. The number of hydrogen-bond acceptors (Lipinski definition) is 3. The molecule has 0 aliphatic heterocycles. The average Bonchev–Trinajstić information content (AvgIpc) is 2.48. The van der Waals surface area contributed by atoms with Gasteiger partial charge in [-0.2, -0.15) is 0 Å². The van der Waals surface area contributed by atoms with Crippen LogP contribution in [0.1, 0.15) is 67.2 Å². The Kier molecular flexibility index (Phi) is 5.79. The van der Waals surface area contributed by atoms with Crippen LogP contribution in [0.4, 0.5) is 4.79 Å². The maximum absolute atomic E-state index is 12.3. The van der Waals surface area contributed by atoms with Crippen molar-refractivity contribution in [3.8, 4) is 0 Å². The highest BCUT2D eigenvalue weighted by Gasteiger charge is 2.39. The molecule has 0 heterocycles. The molecule has 0 aromatic carbocycles. The summed E-state index contributed by atoms with van der Waals surface area (Å²) in [6.45, 7) is 13.3. The van der Waals surface area contributed by atoms with Crippen molar-refractivity contribution in [1.82, 2.24) is 0 Å². The van der Waals surface area contributed by atoms with Gasteiger partial charge in [0.1, 0.15) is 12.2 Å². The highest BCUT2D eigenvalue weighted by atomic mass is 16.7. The number of carbonyl (C=O) groups excluding carboxylic acids is 1. The molecule has 2 fully saturated rings. The normalized spacial score (nSPS) is 46.1. The van der Waals surface area contributed by atoms with E-state index in [9.17, 15) is 4.79 Å². The zero-order valence-corrected chi connectivity index (χ0v) is 15.2. The Hall–Kier alpha value is -0.730. The molecule has 8 unspecified atom stereocenters. The molecule has 0 spiro atoms. The van der Waals surface area contributed by atoms with Crippen LogP contribution >= 0.6 is 0 Å². The van der Waals surface area contributed by atoms with Crippen molar-refractivity contribution in [1.29, 1.82) is 0 Å². The quantitative estimate of drug-likeness (QED) is 0.651. The fourth-order valence-electron chi connectivity index (χ4n) is 4.29. The van der Waals surface area contributed by atoms with Crippen molar-refractivity contribution in [2.45, 2.75) is 79.4 Å². The molecule has 0 aromatic heterocycles. The van der Waals surface area contributed by atoms with Gasteiger partial charge in [0, 0.05) is 0 Å². The molecule has 0 saturated heterocycles. The smallest absolute Gasteiger partial charge is 0.430 e. The van der Waals surface area contributed by atoms with E-state index in [1.165, 1.54) is 12.8 Å². The second kappa shape index (κ2) is 7.23. The van der Waals surface area contributed by atoms with Crippen molar-refractivity contribution in [2.75, 3.05) is 0 Å². The number of rotatable bonds is 2. The second-order valence-electron chi connectivity index (χ2n) is 8.20. The Morgan fingerprint density at radius 3 is 1.32 bits per heavy atom. The molecule has 3 heteroatoms. The van der Waals surface area contributed by atoms with Crippen molar-refractivity contribution < 1.29 is 14.3 Å². The van der Waals surface area contributed by atoms with Gasteiger partial charge in [-0.3, -0.25) is 0 Å². The van der Waals surface area contributed by atoms with Crippen molar-refractivity contribution in [2.24, 2.45) is 35.5 Å². The van der Waals surface area contributed by atoms with E-state index in [4.69, 9.17) is 9.47 Å². The van der Waals surface area contributed by atoms with Gasteiger partial charge in [0.05, 0.1) is 0 Å². The Labute approximate surface area is 136 Å². The van der Waals surface area contributed by atoms with Gasteiger partial charge in [-0.15, -0.1) is 0 Å². The van der Waals surface area contributed by atoms with Crippen LogP contribution in [-0.2, 0) is 9.47 Å². The molecular weight excluding hydrogens is 276 g/mol. The van der Waals surface area contributed by atoms with Gasteiger partial charge in [0.25, 0.3) is 0 Å². The van der Waals surface area contributed by atoms with E-state index >= 15 is 0 Å². The third-order valence-electron chi connectivity index (χ3n) is 6.57. The summed E-state index contributed by atoms with van der Waals surface area (Å²) in [5.74, 6) is 2.91. The van der Waals surface area contributed by atoms with Gasteiger partial charge in [0.2, 0.25) is 0 Å². The molecule has 2 aliphatic carbocycles. The Bertz CT molecular complexity index is 347. The summed E-state index contributed by atoms with van der Waals surface area (Å²) < 4.78 is 11.5. The zero-order valence-electron chi connectivity index (χ0n) is 15.2. The molecule has 2 rings (SSSR count). The molecule has 0 aromatic rings. The predicted molar refractivity (Wildman–Crippen MR) is 88.6 cm³/mol. The number of carbonyl (C=O) groups is 1. The standard InChI is InChI=1S/C19H34O3/c1-11-7-9-13(3)17(15(11)5)21-19(20)22-18-14(4)10-8-12(2)16(18)6/h11-18H,7-10H2,1-6H3. The van der Waals surface area contributed by atoms with E-state index in [1.54, 1.807) is 0 Å². The largest absolute Gasteiger partial charge is 0.508 e. The molecule has 0 amide bonds. The van der Waals surface area contributed by atoms with Gasteiger partial charge in [0.15, 0.2) is 0 Å². The summed E-state index contributed by atoms with van der Waals surface area (Å²) in [4.78, 5) is 12.3. The first kappa shape index (κ1) is 17.6. The van der Waals surface area contributed by atoms with Crippen LogP contribution in [0.15, 0.2) is 0 Å². The van der Waals surface area contributed by atoms with Crippen LogP contribution in [-0.4, -0.2) is 18.4 Å². The minimum absolute atomic E-state index is 0.00266. The fourth-order valence-corrected chi connectivity index (χ4v) is 4.29. The van der Waals surface area contributed by atoms with Crippen LogP contribution in [0.3, 0.4) is 0 Å². The Morgan fingerprint density at radius 1 is 0.636 bits per heavy atom. The van der Waals surface area contributed by atoms with E-state index in [0.717, 1.165) is 12.8 Å². The summed E-state index contributed by atoms with van der Waals surface area (Å²) in [5, 5.41) is 0. The lowest BCUT2D eigenvalue weighted by Gasteiger charge is -2.40. The predicted octanol–water partition coefficient (Wildman–Crippen LogP) is 5.28. The molecule has 0 bridgehead atoms.